The fourth-order valence-corrected chi connectivity index (χ4v) is 7.73. The van der Waals surface area contributed by atoms with Crippen molar-refractivity contribution < 1.29 is 36.6 Å². The van der Waals surface area contributed by atoms with Crippen LogP contribution in [0.25, 0.3) is 0 Å². The van der Waals surface area contributed by atoms with E-state index in [1.54, 1.807) is 37.4 Å². The van der Waals surface area contributed by atoms with Gasteiger partial charge in [0.1, 0.15) is 23.5 Å². The highest BCUT2D eigenvalue weighted by Crippen LogP contribution is 2.46. The number of rotatable bonds is 11. The SMILES string of the molecule is CC[Si](CC)(CC)OC1C=CCC[C@@]1(C(=O)OCc1ccc(OC)cc1)c1ccccc1OC(F)(F)F. The molecule has 0 aromatic heterocycles. The van der Waals surface area contributed by atoms with Crippen molar-refractivity contribution in [1.29, 1.82) is 0 Å². The summed E-state index contributed by atoms with van der Waals surface area (Å²) in [5.74, 6) is -0.394. The van der Waals surface area contributed by atoms with Crippen molar-refractivity contribution in [3.63, 3.8) is 0 Å². The van der Waals surface area contributed by atoms with Crippen LogP contribution < -0.4 is 9.47 Å². The van der Waals surface area contributed by atoms with Crippen molar-refractivity contribution in [3.05, 3.63) is 71.8 Å². The lowest BCUT2D eigenvalue weighted by atomic mass is 9.69. The molecule has 0 amide bonds. The van der Waals surface area contributed by atoms with E-state index in [4.69, 9.17) is 13.9 Å². The van der Waals surface area contributed by atoms with Gasteiger partial charge >= 0.3 is 12.3 Å². The number of para-hydroxylation sites is 1. The highest BCUT2D eigenvalue weighted by Gasteiger charge is 2.53. The van der Waals surface area contributed by atoms with Crippen LogP contribution in [0.15, 0.2) is 60.7 Å². The van der Waals surface area contributed by atoms with Gasteiger partial charge in [0.05, 0.1) is 13.2 Å². The van der Waals surface area contributed by atoms with Crippen LogP contribution in [0.5, 0.6) is 11.5 Å². The number of carbonyl (C=O) groups excluding carboxylic acids is 1. The quantitative estimate of drug-likeness (QED) is 0.171. The molecule has 2 aromatic rings. The van der Waals surface area contributed by atoms with Crippen LogP contribution in [0.1, 0.15) is 44.7 Å². The average Bonchev–Trinajstić information content (AvgIpc) is 2.90. The van der Waals surface area contributed by atoms with Crippen molar-refractivity contribution in [2.24, 2.45) is 0 Å². The lowest BCUT2D eigenvalue weighted by Gasteiger charge is -2.44. The minimum absolute atomic E-state index is 0.0405. The maximum atomic E-state index is 14.0. The van der Waals surface area contributed by atoms with Gasteiger partial charge in [-0.1, -0.05) is 63.3 Å². The second kappa shape index (κ2) is 12.2. The lowest BCUT2D eigenvalue weighted by molar-refractivity contribution is -0.275. The van der Waals surface area contributed by atoms with Gasteiger partial charge in [0.25, 0.3) is 0 Å². The Morgan fingerprint density at radius 1 is 1.03 bits per heavy atom. The number of allylic oxidation sites excluding steroid dienone is 1. The topological polar surface area (TPSA) is 54.0 Å². The van der Waals surface area contributed by atoms with Crippen LogP contribution in [-0.2, 0) is 26.0 Å². The first-order valence-electron chi connectivity index (χ1n) is 12.6. The monoisotopic (exact) mass is 536 g/mol. The molecule has 0 fully saturated rings. The Hall–Kier alpha value is -2.78. The van der Waals surface area contributed by atoms with Crippen LogP contribution in [0.4, 0.5) is 13.2 Å². The summed E-state index contributed by atoms with van der Waals surface area (Å²) in [5, 5.41) is 0. The molecule has 1 aliphatic carbocycles. The highest BCUT2D eigenvalue weighted by atomic mass is 28.4. The van der Waals surface area contributed by atoms with Gasteiger partial charge in [0, 0.05) is 5.56 Å². The Balaban J connectivity index is 2.08. The first-order valence-corrected chi connectivity index (χ1v) is 15.2. The van der Waals surface area contributed by atoms with Gasteiger partial charge in [0.15, 0.2) is 8.32 Å². The van der Waals surface area contributed by atoms with E-state index in [9.17, 15) is 18.0 Å². The molecule has 0 saturated heterocycles. The molecule has 0 heterocycles. The number of halogens is 3. The predicted molar refractivity (Wildman–Crippen MR) is 138 cm³/mol. The number of carbonyl (C=O) groups is 1. The molecule has 0 saturated carbocycles. The third-order valence-corrected chi connectivity index (χ3v) is 11.9. The normalized spacial score (nSPS) is 19.9. The molecular formula is C28H35F3O5Si. The van der Waals surface area contributed by atoms with E-state index in [1.807, 2.05) is 12.2 Å². The van der Waals surface area contributed by atoms with Gasteiger partial charge in [-0.25, -0.2) is 0 Å². The van der Waals surface area contributed by atoms with Gasteiger partial charge < -0.3 is 18.6 Å². The van der Waals surface area contributed by atoms with Crippen LogP contribution in [0.2, 0.25) is 18.1 Å². The van der Waals surface area contributed by atoms with Gasteiger partial charge in [-0.05, 0) is 54.7 Å². The molecule has 1 unspecified atom stereocenters. The minimum atomic E-state index is -4.92. The summed E-state index contributed by atoms with van der Waals surface area (Å²) in [5.41, 5.74) is -0.652. The molecule has 5 nitrogen and oxygen atoms in total. The molecule has 0 aliphatic heterocycles. The van der Waals surface area contributed by atoms with Crippen molar-refractivity contribution in [1.82, 2.24) is 0 Å². The van der Waals surface area contributed by atoms with E-state index >= 15 is 0 Å². The Kier molecular flexibility index (Phi) is 9.47. The maximum absolute atomic E-state index is 14.0. The Bertz CT molecular complexity index is 1060. The number of ether oxygens (including phenoxy) is 3. The van der Waals surface area contributed by atoms with E-state index in [2.05, 4.69) is 25.5 Å². The minimum Gasteiger partial charge on any atom is -0.497 e. The van der Waals surface area contributed by atoms with E-state index in [0.717, 1.165) is 23.7 Å². The summed E-state index contributed by atoms with van der Waals surface area (Å²) in [6.07, 6.45) is -1.25. The number of methoxy groups -OCH3 is 1. The molecule has 0 spiro atoms. The molecule has 3 rings (SSSR count). The molecule has 0 N–H and O–H groups in total. The van der Waals surface area contributed by atoms with Crippen LogP contribution in [0.3, 0.4) is 0 Å². The Morgan fingerprint density at radius 2 is 1.68 bits per heavy atom. The summed E-state index contributed by atoms with van der Waals surface area (Å²) in [7, 11) is -0.712. The lowest BCUT2D eigenvalue weighted by Crippen LogP contribution is -2.54. The van der Waals surface area contributed by atoms with E-state index in [0.29, 0.717) is 12.2 Å². The molecule has 2 atom stereocenters. The average molecular weight is 537 g/mol. The van der Waals surface area contributed by atoms with E-state index in [1.165, 1.54) is 18.2 Å². The molecule has 1 aliphatic rings. The summed E-state index contributed by atoms with van der Waals surface area (Å²) >= 11 is 0. The first-order chi connectivity index (χ1) is 17.6. The zero-order valence-corrected chi connectivity index (χ0v) is 22.8. The van der Waals surface area contributed by atoms with Gasteiger partial charge in [-0.15, -0.1) is 13.2 Å². The molecule has 0 bridgehead atoms. The molecule has 202 valence electrons. The summed E-state index contributed by atoms with van der Waals surface area (Å²) in [6, 6.07) is 15.3. The van der Waals surface area contributed by atoms with Gasteiger partial charge in [-0.2, -0.15) is 0 Å². The Morgan fingerprint density at radius 3 is 2.27 bits per heavy atom. The smallest absolute Gasteiger partial charge is 0.497 e. The molecule has 0 radical (unpaired) electrons. The summed E-state index contributed by atoms with van der Waals surface area (Å²) in [4.78, 5) is 14.0. The number of hydrogen-bond donors (Lipinski definition) is 0. The zero-order valence-electron chi connectivity index (χ0n) is 21.8. The first kappa shape index (κ1) is 28.8. The fourth-order valence-electron chi connectivity index (χ4n) is 4.91. The summed E-state index contributed by atoms with van der Waals surface area (Å²) in [6.45, 7) is 6.16. The summed E-state index contributed by atoms with van der Waals surface area (Å²) < 4.78 is 62.4. The maximum Gasteiger partial charge on any atom is 0.573 e. The highest BCUT2D eigenvalue weighted by molar-refractivity contribution is 6.73. The molecule has 9 heteroatoms. The van der Waals surface area contributed by atoms with Crippen LogP contribution in [-0.4, -0.2) is 33.9 Å². The zero-order chi connectivity index (χ0) is 27.1. The van der Waals surface area contributed by atoms with Crippen LogP contribution >= 0.6 is 0 Å². The molecule has 37 heavy (non-hydrogen) atoms. The largest absolute Gasteiger partial charge is 0.573 e. The van der Waals surface area contributed by atoms with E-state index in [-0.39, 0.29) is 18.6 Å². The van der Waals surface area contributed by atoms with E-state index < -0.39 is 37.9 Å². The van der Waals surface area contributed by atoms with Gasteiger partial charge in [0.2, 0.25) is 0 Å². The standard InChI is InChI=1S/C28H35F3O5Si/c1-5-37(6-2,7-3)36-25-14-10-11-19-27(25,23-12-8-9-13-24(23)35-28(29,30)31)26(32)34-20-21-15-17-22(33-4)18-16-21/h8-10,12-18,25H,5-7,11,19-20H2,1-4H3/t25?,27-/m1/s1. The van der Waals surface area contributed by atoms with Crippen LogP contribution in [0, 0.1) is 0 Å². The van der Waals surface area contributed by atoms with Crippen molar-refractivity contribution in [2.45, 2.75) is 76.2 Å². The molecular weight excluding hydrogens is 501 g/mol. The second-order valence-electron chi connectivity index (χ2n) is 9.19. The predicted octanol–water partition coefficient (Wildman–Crippen LogP) is 7.32. The van der Waals surface area contributed by atoms with Gasteiger partial charge in [-0.3, -0.25) is 4.79 Å². The number of benzene rings is 2. The van der Waals surface area contributed by atoms with Crippen molar-refractivity contribution in [3.8, 4) is 11.5 Å². The third kappa shape index (κ3) is 6.57. The molecule has 2 aromatic carbocycles. The second-order valence-corrected chi connectivity index (χ2v) is 13.9. The number of hydrogen-bond acceptors (Lipinski definition) is 5. The number of alkyl halides is 3. The fraction of sp³-hybridized carbons (Fsp3) is 0.464. The Labute approximate surface area is 217 Å². The van der Waals surface area contributed by atoms with Crippen molar-refractivity contribution in [2.75, 3.05) is 7.11 Å². The van der Waals surface area contributed by atoms with Crippen molar-refractivity contribution >= 4 is 14.3 Å². The third-order valence-electron chi connectivity index (χ3n) is 7.30. The number of esters is 1.